The molecule has 1 saturated carbocycles. The van der Waals surface area contributed by atoms with Gasteiger partial charge in [-0.25, -0.2) is 17.2 Å². The van der Waals surface area contributed by atoms with Crippen molar-refractivity contribution in [2.24, 2.45) is 5.92 Å². The Bertz CT molecular complexity index is 661. The molecule has 0 aromatic heterocycles. The zero-order chi connectivity index (χ0) is 15.9. The summed E-state index contributed by atoms with van der Waals surface area (Å²) in [5, 5.41) is 9.82. The minimum atomic E-state index is -3.59. The second-order valence-corrected chi connectivity index (χ2v) is 8.23. The van der Waals surface area contributed by atoms with Gasteiger partial charge in [0.2, 0.25) is 10.0 Å². The van der Waals surface area contributed by atoms with Gasteiger partial charge in [-0.2, -0.15) is 4.31 Å². The molecule has 1 heterocycles. The summed E-state index contributed by atoms with van der Waals surface area (Å²) in [5.41, 5.74) is -0.00783. The third-order valence-corrected chi connectivity index (χ3v) is 6.26. The highest BCUT2D eigenvalue weighted by Crippen LogP contribution is 2.38. The normalized spacial score (nSPS) is 26.5. The van der Waals surface area contributed by atoms with Gasteiger partial charge < -0.3 is 5.11 Å². The molecule has 2 aliphatic rings. The van der Waals surface area contributed by atoms with Crippen molar-refractivity contribution in [1.29, 1.82) is 0 Å². The number of halogens is 2. The maximum Gasteiger partial charge on any atom is 0.214 e. The fraction of sp³-hybridized carbons (Fsp3) is 0.600. The number of benzene rings is 1. The molecule has 122 valence electrons. The lowest BCUT2D eigenvalue weighted by Crippen LogP contribution is -2.34. The van der Waals surface area contributed by atoms with Gasteiger partial charge >= 0.3 is 0 Å². The van der Waals surface area contributed by atoms with E-state index in [1.165, 1.54) is 0 Å². The molecule has 0 amide bonds. The number of rotatable bonds is 5. The van der Waals surface area contributed by atoms with Crippen LogP contribution in [0.1, 0.15) is 37.3 Å². The molecule has 1 aromatic carbocycles. The molecule has 0 bridgehead atoms. The Balaban J connectivity index is 1.86. The summed E-state index contributed by atoms with van der Waals surface area (Å²) in [5.74, 6) is -0.805. The molecule has 0 radical (unpaired) electrons. The molecule has 1 N–H and O–H groups in total. The molecule has 2 unspecified atom stereocenters. The van der Waals surface area contributed by atoms with Crippen LogP contribution in [-0.4, -0.2) is 36.2 Å². The number of aliphatic hydroxyl groups excluding tert-OH is 1. The van der Waals surface area contributed by atoms with Crippen molar-refractivity contribution in [2.45, 2.75) is 37.8 Å². The first-order valence-corrected chi connectivity index (χ1v) is 9.10. The molecule has 4 nitrogen and oxygen atoms in total. The third-order valence-electron chi connectivity index (χ3n) is 4.39. The molecule has 22 heavy (non-hydrogen) atoms. The Morgan fingerprint density at radius 1 is 1.27 bits per heavy atom. The third kappa shape index (κ3) is 3.31. The van der Waals surface area contributed by atoms with Crippen molar-refractivity contribution in [1.82, 2.24) is 4.31 Å². The van der Waals surface area contributed by atoms with Gasteiger partial charge in [0.15, 0.2) is 0 Å². The van der Waals surface area contributed by atoms with E-state index in [4.69, 9.17) is 0 Å². The fourth-order valence-electron chi connectivity index (χ4n) is 2.98. The fourth-order valence-corrected chi connectivity index (χ4v) is 4.84. The van der Waals surface area contributed by atoms with Gasteiger partial charge in [-0.3, -0.25) is 0 Å². The van der Waals surface area contributed by atoms with Crippen molar-refractivity contribution in [3.05, 3.63) is 35.4 Å². The smallest absolute Gasteiger partial charge is 0.214 e. The zero-order valence-corrected chi connectivity index (χ0v) is 12.9. The van der Waals surface area contributed by atoms with Crippen LogP contribution in [-0.2, 0) is 10.0 Å². The Kier molecular flexibility index (Phi) is 4.22. The molecule has 2 atom stereocenters. The van der Waals surface area contributed by atoms with Crippen molar-refractivity contribution in [2.75, 3.05) is 12.3 Å². The van der Waals surface area contributed by atoms with Gasteiger partial charge in [0, 0.05) is 12.1 Å². The molecule has 0 spiro atoms. The minimum absolute atomic E-state index is 0.00216. The molecule has 2 fully saturated rings. The number of sulfonamides is 1. The minimum Gasteiger partial charge on any atom is -0.392 e. The second-order valence-electron chi connectivity index (χ2n) is 6.19. The lowest BCUT2D eigenvalue weighted by atomic mass is 10.0. The van der Waals surface area contributed by atoms with E-state index in [0.717, 1.165) is 35.3 Å². The number of hydrogen-bond donors (Lipinski definition) is 1. The first-order chi connectivity index (χ1) is 10.4. The standard InChI is InChI=1S/C15H19F2NO3S/c16-11-3-4-14(17)13(7-11)15-8-12(19)9-18(15)22(20,21)6-5-10-1-2-10/h3-4,7,10,12,15,19H,1-2,5-6,8-9H2. The first kappa shape index (κ1) is 15.8. The van der Waals surface area contributed by atoms with E-state index in [0.29, 0.717) is 12.3 Å². The molecule has 1 aromatic rings. The number of hydrogen-bond acceptors (Lipinski definition) is 3. The maximum absolute atomic E-state index is 14.0. The average molecular weight is 331 g/mol. The summed E-state index contributed by atoms with van der Waals surface area (Å²) in [6.07, 6.45) is 1.93. The SMILES string of the molecule is O=S(=O)(CCC1CC1)N1CC(O)CC1c1cc(F)ccc1F. The van der Waals surface area contributed by atoms with E-state index in [1.807, 2.05) is 0 Å². The van der Waals surface area contributed by atoms with Crippen molar-refractivity contribution < 1.29 is 22.3 Å². The monoisotopic (exact) mass is 331 g/mol. The maximum atomic E-state index is 14.0. The van der Waals surface area contributed by atoms with Crippen molar-refractivity contribution in [3.63, 3.8) is 0 Å². The van der Waals surface area contributed by atoms with E-state index < -0.39 is 33.8 Å². The van der Waals surface area contributed by atoms with Crippen molar-refractivity contribution in [3.8, 4) is 0 Å². The van der Waals surface area contributed by atoms with Crippen LogP contribution >= 0.6 is 0 Å². The number of aliphatic hydroxyl groups is 1. The Labute approximate surface area is 128 Å². The summed E-state index contributed by atoms with van der Waals surface area (Å²) >= 11 is 0. The van der Waals surface area contributed by atoms with Crippen LogP contribution in [0.2, 0.25) is 0 Å². The van der Waals surface area contributed by atoms with Crippen LogP contribution in [0.3, 0.4) is 0 Å². The Morgan fingerprint density at radius 2 is 2.00 bits per heavy atom. The highest BCUT2D eigenvalue weighted by atomic mass is 32.2. The quantitative estimate of drug-likeness (QED) is 0.900. The summed E-state index contributed by atoms with van der Waals surface area (Å²) in [4.78, 5) is 0. The van der Waals surface area contributed by atoms with E-state index >= 15 is 0 Å². The summed E-state index contributed by atoms with van der Waals surface area (Å²) in [6, 6.07) is 2.16. The Morgan fingerprint density at radius 3 is 2.68 bits per heavy atom. The highest BCUT2D eigenvalue weighted by molar-refractivity contribution is 7.89. The van der Waals surface area contributed by atoms with Gasteiger partial charge in [-0.05, 0) is 37.0 Å². The van der Waals surface area contributed by atoms with E-state index in [9.17, 15) is 22.3 Å². The predicted molar refractivity (Wildman–Crippen MR) is 77.6 cm³/mol. The van der Waals surface area contributed by atoms with Gasteiger partial charge in [0.05, 0.1) is 17.9 Å². The predicted octanol–water partition coefficient (Wildman–Crippen LogP) is 2.20. The largest absolute Gasteiger partial charge is 0.392 e. The molecule has 1 aliphatic carbocycles. The zero-order valence-electron chi connectivity index (χ0n) is 12.1. The molecule has 7 heteroatoms. The van der Waals surface area contributed by atoms with E-state index in [2.05, 4.69) is 0 Å². The average Bonchev–Trinajstić information content (AvgIpc) is 3.20. The van der Waals surface area contributed by atoms with Gasteiger partial charge in [0.1, 0.15) is 11.6 Å². The van der Waals surface area contributed by atoms with Crippen LogP contribution in [0.5, 0.6) is 0 Å². The van der Waals surface area contributed by atoms with E-state index in [1.54, 1.807) is 0 Å². The number of nitrogens with zero attached hydrogens (tertiary/aromatic N) is 1. The van der Waals surface area contributed by atoms with Gasteiger partial charge in [-0.1, -0.05) is 12.8 Å². The molecule has 1 aliphatic heterocycles. The van der Waals surface area contributed by atoms with Crippen LogP contribution < -0.4 is 0 Å². The van der Waals surface area contributed by atoms with Crippen LogP contribution in [0, 0.1) is 17.6 Å². The summed E-state index contributed by atoms with van der Waals surface area (Å²) in [7, 11) is -3.59. The van der Waals surface area contributed by atoms with E-state index in [-0.39, 0.29) is 24.3 Å². The lowest BCUT2D eigenvalue weighted by Gasteiger charge is -2.24. The lowest BCUT2D eigenvalue weighted by molar-refractivity contribution is 0.188. The number of β-amino-alcohol motifs (C(OH)–C–C–N with tert-alkyl or cyclic N) is 1. The molecule has 3 rings (SSSR count). The summed E-state index contributed by atoms with van der Waals surface area (Å²) < 4.78 is 53.5. The topological polar surface area (TPSA) is 57.6 Å². The highest BCUT2D eigenvalue weighted by Gasteiger charge is 2.41. The molecule has 1 saturated heterocycles. The summed E-state index contributed by atoms with van der Waals surface area (Å²) in [6.45, 7) is -0.0619. The van der Waals surface area contributed by atoms with Crippen LogP contribution in [0.15, 0.2) is 18.2 Å². The van der Waals surface area contributed by atoms with Gasteiger partial charge in [-0.15, -0.1) is 0 Å². The van der Waals surface area contributed by atoms with Crippen LogP contribution in [0.25, 0.3) is 0 Å². The molecular formula is C15H19F2NO3S. The van der Waals surface area contributed by atoms with Gasteiger partial charge in [0.25, 0.3) is 0 Å². The second kappa shape index (κ2) is 5.86. The van der Waals surface area contributed by atoms with Crippen LogP contribution in [0.4, 0.5) is 8.78 Å². The molecular weight excluding hydrogens is 312 g/mol. The first-order valence-electron chi connectivity index (χ1n) is 7.49. The van der Waals surface area contributed by atoms with Crippen molar-refractivity contribution >= 4 is 10.0 Å². The Hall–Kier alpha value is -1.05.